The van der Waals surface area contributed by atoms with Gasteiger partial charge in [-0.25, -0.2) is 8.78 Å². The van der Waals surface area contributed by atoms with Gasteiger partial charge in [0.1, 0.15) is 11.6 Å². The molecule has 3 aromatic rings. The van der Waals surface area contributed by atoms with Crippen LogP contribution in [0.4, 0.5) is 8.78 Å². The number of nitrogens with one attached hydrogen (secondary N) is 2. The van der Waals surface area contributed by atoms with Crippen molar-refractivity contribution in [2.24, 2.45) is 0 Å². The molecule has 0 fully saturated rings. The summed E-state index contributed by atoms with van der Waals surface area (Å²) < 4.78 is 27.8. The molecule has 3 rings (SSSR count). The Bertz CT molecular complexity index is 1060. The van der Waals surface area contributed by atoms with Crippen LogP contribution in [0.1, 0.15) is 33.2 Å². The fourth-order valence-electron chi connectivity index (χ4n) is 2.46. The molecule has 0 bridgehead atoms. The number of rotatable bonds is 5. The molecule has 4 nitrogen and oxygen atoms in total. The molecule has 0 aliphatic rings. The summed E-state index contributed by atoms with van der Waals surface area (Å²) in [5.41, 5.74) is 1.40. The lowest BCUT2D eigenvalue weighted by molar-refractivity contribution is 0.0944. The van der Waals surface area contributed by atoms with Crippen molar-refractivity contribution in [2.75, 3.05) is 6.54 Å². The molecule has 0 unspecified atom stereocenters. The molecule has 0 heterocycles. The van der Waals surface area contributed by atoms with E-state index in [1.54, 1.807) is 36.4 Å². The van der Waals surface area contributed by atoms with Crippen molar-refractivity contribution < 1.29 is 18.4 Å². The first kappa shape index (κ1) is 24.7. The summed E-state index contributed by atoms with van der Waals surface area (Å²) in [6.07, 6.45) is 0. The van der Waals surface area contributed by atoms with E-state index in [0.717, 1.165) is 21.1 Å². The van der Waals surface area contributed by atoms with E-state index in [4.69, 9.17) is 0 Å². The zero-order valence-corrected chi connectivity index (χ0v) is 19.8. The topological polar surface area (TPSA) is 58.2 Å². The SMILES string of the molecule is CCNC(=O)c1cccc(Br)c1.O=C(NCc1ccc(F)cc1F)c1cccc(Br)c1. The summed E-state index contributed by atoms with van der Waals surface area (Å²) in [7, 11) is 0. The highest BCUT2D eigenvalue weighted by Gasteiger charge is 2.08. The standard InChI is InChI=1S/C14H10BrF2NO.C9H10BrNO/c15-11-3-1-2-9(6-11)14(19)18-8-10-4-5-12(16)7-13(10)17;1-2-11-9(12)7-4-3-5-8(10)6-7/h1-7H,8H2,(H,18,19);3-6H,2H2,1H3,(H,11,12). The fourth-order valence-corrected chi connectivity index (χ4v) is 3.26. The van der Waals surface area contributed by atoms with Gasteiger partial charge in [0.15, 0.2) is 0 Å². The maximum atomic E-state index is 13.4. The third-order valence-electron chi connectivity index (χ3n) is 3.97. The van der Waals surface area contributed by atoms with Crippen molar-refractivity contribution in [3.8, 4) is 0 Å². The van der Waals surface area contributed by atoms with E-state index in [-0.39, 0.29) is 23.9 Å². The molecule has 0 aliphatic heterocycles. The van der Waals surface area contributed by atoms with Gasteiger partial charge in [0, 0.05) is 44.8 Å². The molecule has 0 radical (unpaired) electrons. The average molecular weight is 554 g/mol. The van der Waals surface area contributed by atoms with Crippen LogP contribution < -0.4 is 10.6 Å². The van der Waals surface area contributed by atoms with Gasteiger partial charge in [-0.2, -0.15) is 0 Å². The first-order valence-corrected chi connectivity index (χ1v) is 10.9. The van der Waals surface area contributed by atoms with Crippen LogP contribution in [0.5, 0.6) is 0 Å². The molecule has 2 amide bonds. The van der Waals surface area contributed by atoms with Crippen molar-refractivity contribution in [1.29, 1.82) is 0 Å². The highest BCUT2D eigenvalue weighted by atomic mass is 79.9. The van der Waals surface area contributed by atoms with E-state index in [0.29, 0.717) is 17.7 Å². The quantitative estimate of drug-likeness (QED) is 0.416. The minimum atomic E-state index is -0.672. The van der Waals surface area contributed by atoms with Gasteiger partial charge in [-0.3, -0.25) is 9.59 Å². The third kappa shape index (κ3) is 8.22. The van der Waals surface area contributed by atoms with E-state index < -0.39 is 11.6 Å². The Kier molecular flexibility index (Phi) is 9.81. The van der Waals surface area contributed by atoms with Crippen molar-refractivity contribution >= 4 is 43.7 Å². The second-order valence-corrected chi connectivity index (χ2v) is 8.13. The Morgan fingerprint density at radius 2 is 1.35 bits per heavy atom. The van der Waals surface area contributed by atoms with Crippen LogP contribution in [-0.2, 0) is 6.54 Å². The Balaban J connectivity index is 0.000000245. The van der Waals surface area contributed by atoms with Gasteiger partial charge in [-0.15, -0.1) is 0 Å². The van der Waals surface area contributed by atoms with Gasteiger partial charge in [0.25, 0.3) is 11.8 Å². The largest absolute Gasteiger partial charge is 0.352 e. The Morgan fingerprint density at radius 3 is 1.84 bits per heavy atom. The zero-order valence-electron chi connectivity index (χ0n) is 16.6. The first-order chi connectivity index (χ1) is 14.8. The Labute approximate surface area is 196 Å². The van der Waals surface area contributed by atoms with Gasteiger partial charge < -0.3 is 10.6 Å². The van der Waals surface area contributed by atoms with Crippen molar-refractivity contribution in [3.05, 3.63) is 104 Å². The monoisotopic (exact) mass is 552 g/mol. The third-order valence-corrected chi connectivity index (χ3v) is 4.95. The Hall–Kier alpha value is -2.58. The fraction of sp³-hybridized carbons (Fsp3) is 0.130. The molecular formula is C23H20Br2F2N2O2. The molecule has 0 aliphatic carbocycles. The predicted molar refractivity (Wildman–Crippen MR) is 124 cm³/mol. The van der Waals surface area contributed by atoms with Crippen LogP contribution in [0.25, 0.3) is 0 Å². The van der Waals surface area contributed by atoms with Crippen molar-refractivity contribution in [2.45, 2.75) is 13.5 Å². The van der Waals surface area contributed by atoms with Gasteiger partial charge in [0.2, 0.25) is 0 Å². The van der Waals surface area contributed by atoms with Crippen molar-refractivity contribution in [3.63, 3.8) is 0 Å². The van der Waals surface area contributed by atoms with Gasteiger partial charge >= 0.3 is 0 Å². The summed E-state index contributed by atoms with van der Waals surface area (Å²) in [4.78, 5) is 23.1. The smallest absolute Gasteiger partial charge is 0.251 e. The molecule has 8 heteroatoms. The number of amides is 2. The molecule has 0 aromatic heterocycles. The normalized spacial score (nSPS) is 9.97. The molecule has 3 aromatic carbocycles. The minimum Gasteiger partial charge on any atom is -0.352 e. The highest BCUT2D eigenvalue weighted by Crippen LogP contribution is 2.13. The van der Waals surface area contributed by atoms with E-state index in [2.05, 4.69) is 42.5 Å². The average Bonchev–Trinajstić information content (AvgIpc) is 2.73. The van der Waals surface area contributed by atoms with Gasteiger partial charge in [-0.05, 0) is 49.4 Å². The van der Waals surface area contributed by atoms with E-state index >= 15 is 0 Å². The minimum absolute atomic E-state index is 0.0114. The maximum Gasteiger partial charge on any atom is 0.251 e. The van der Waals surface area contributed by atoms with Crippen molar-refractivity contribution in [1.82, 2.24) is 10.6 Å². The molecular weight excluding hydrogens is 534 g/mol. The maximum absolute atomic E-state index is 13.4. The van der Waals surface area contributed by atoms with Gasteiger partial charge in [-0.1, -0.05) is 50.1 Å². The van der Waals surface area contributed by atoms with Crippen LogP contribution in [0.15, 0.2) is 75.7 Å². The summed E-state index contributed by atoms with van der Waals surface area (Å²) in [6, 6.07) is 17.4. The van der Waals surface area contributed by atoms with Gasteiger partial charge in [0.05, 0.1) is 0 Å². The summed E-state index contributed by atoms with van der Waals surface area (Å²) in [5, 5.41) is 5.31. The first-order valence-electron chi connectivity index (χ1n) is 9.31. The molecule has 0 saturated heterocycles. The number of benzene rings is 3. The lowest BCUT2D eigenvalue weighted by atomic mass is 10.2. The van der Waals surface area contributed by atoms with E-state index in [1.807, 2.05) is 19.1 Å². The van der Waals surface area contributed by atoms with E-state index in [9.17, 15) is 18.4 Å². The molecule has 2 N–H and O–H groups in total. The number of carbonyl (C=O) groups excluding carboxylic acids is 2. The van der Waals surface area contributed by atoms with Crippen LogP contribution >= 0.6 is 31.9 Å². The molecule has 0 spiro atoms. The number of hydrogen-bond acceptors (Lipinski definition) is 2. The van der Waals surface area contributed by atoms with Crippen LogP contribution in [0.3, 0.4) is 0 Å². The second kappa shape index (κ2) is 12.3. The number of carbonyl (C=O) groups is 2. The molecule has 162 valence electrons. The second-order valence-electron chi connectivity index (χ2n) is 6.30. The lowest BCUT2D eigenvalue weighted by Gasteiger charge is -2.06. The van der Waals surface area contributed by atoms with E-state index in [1.165, 1.54) is 6.07 Å². The zero-order chi connectivity index (χ0) is 22.8. The molecule has 0 saturated carbocycles. The van der Waals surface area contributed by atoms with Crippen LogP contribution in [-0.4, -0.2) is 18.4 Å². The summed E-state index contributed by atoms with van der Waals surface area (Å²) >= 11 is 6.57. The number of halogens is 4. The number of hydrogen-bond donors (Lipinski definition) is 2. The summed E-state index contributed by atoms with van der Waals surface area (Å²) in [5.74, 6) is -1.65. The molecule has 31 heavy (non-hydrogen) atoms. The van der Waals surface area contributed by atoms with Crippen LogP contribution in [0.2, 0.25) is 0 Å². The lowest BCUT2D eigenvalue weighted by Crippen LogP contribution is -2.23. The van der Waals surface area contributed by atoms with Crippen LogP contribution in [0, 0.1) is 11.6 Å². The predicted octanol–water partition coefficient (Wildman–Crippen LogP) is 5.86. The summed E-state index contributed by atoms with van der Waals surface area (Å²) in [6.45, 7) is 2.57. The molecule has 0 atom stereocenters. The Morgan fingerprint density at radius 1 is 0.806 bits per heavy atom. The highest BCUT2D eigenvalue weighted by molar-refractivity contribution is 9.10.